The van der Waals surface area contributed by atoms with Gasteiger partial charge in [0.25, 0.3) is 0 Å². The Morgan fingerprint density at radius 3 is 2.59 bits per heavy atom. The Hall–Kier alpha value is -2.73. The molecule has 0 radical (unpaired) electrons. The molecule has 29 heavy (non-hydrogen) atoms. The average Bonchev–Trinajstić information content (AvgIpc) is 3.05. The number of nitrogens with zero attached hydrogens (tertiary/aromatic N) is 3. The molecular weight excluding hydrogens is 388 g/mol. The number of hydrogen-bond donors (Lipinski definition) is 1. The van der Waals surface area contributed by atoms with E-state index in [1.807, 2.05) is 29.9 Å². The maximum atomic E-state index is 13.1. The smallest absolute Gasteiger partial charge is 0.322 e. The van der Waals surface area contributed by atoms with Gasteiger partial charge in [-0.15, -0.1) is 6.58 Å². The van der Waals surface area contributed by atoms with Crippen molar-refractivity contribution in [3.63, 3.8) is 0 Å². The van der Waals surface area contributed by atoms with Crippen LogP contribution in [0.25, 0.3) is 0 Å². The Kier molecular flexibility index (Phi) is 8.34. The number of halogens is 1. The molecule has 2 aromatic rings. The van der Waals surface area contributed by atoms with Gasteiger partial charge in [-0.1, -0.05) is 37.6 Å². The zero-order chi connectivity index (χ0) is 21.4. The Labute approximate surface area is 177 Å². The minimum absolute atomic E-state index is 0.0322. The molecule has 0 unspecified atom stereocenters. The van der Waals surface area contributed by atoms with Gasteiger partial charge < -0.3 is 19.7 Å². The first kappa shape index (κ1) is 22.6. The van der Waals surface area contributed by atoms with E-state index in [0.717, 1.165) is 5.69 Å². The highest BCUT2D eigenvalue weighted by molar-refractivity contribution is 6.30. The summed E-state index contributed by atoms with van der Waals surface area (Å²) in [6, 6.07) is 10.5. The predicted octanol–water partition coefficient (Wildman–Crippen LogP) is 4.38. The van der Waals surface area contributed by atoms with Crippen LogP contribution >= 0.6 is 11.6 Å². The van der Waals surface area contributed by atoms with E-state index in [2.05, 4.69) is 25.7 Å². The van der Waals surface area contributed by atoms with Crippen LogP contribution in [0.5, 0.6) is 0 Å². The molecule has 3 amide bonds. The molecule has 1 heterocycles. The zero-order valence-electron chi connectivity index (χ0n) is 17.3. The summed E-state index contributed by atoms with van der Waals surface area (Å²) in [5.74, 6) is 0.204. The molecule has 1 aromatic carbocycles. The van der Waals surface area contributed by atoms with E-state index in [-0.39, 0.29) is 25.0 Å². The Morgan fingerprint density at radius 1 is 1.24 bits per heavy atom. The number of rotatable bonds is 9. The van der Waals surface area contributed by atoms with Crippen molar-refractivity contribution in [2.45, 2.75) is 20.4 Å². The van der Waals surface area contributed by atoms with E-state index in [4.69, 9.17) is 11.6 Å². The molecule has 6 nitrogen and oxygen atoms in total. The van der Waals surface area contributed by atoms with Crippen LogP contribution in [0.4, 0.5) is 10.5 Å². The molecule has 0 aliphatic rings. The van der Waals surface area contributed by atoms with Crippen molar-refractivity contribution in [3.8, 4) is 0 Å². The second kappa shape index (κ2) is 10.7. The first-order valence-corrected chi connectivity index (χ1v) is 9.98. The van der Waals surface area contributed by atoms with Crippen molar-refractivity contribution in [1.82, 2.24) is 14.4 Å². The van der Waals surface area contributed by atoms with Crippen LogP contribution in [-0.2, 0) is 18.4 Å². The molecule has 1 N–H and O–H groups in total. The van der Waals surface area contributed by atoms with Crippen LogP contribution < -0.4 is 5.32 Å². The average molecular weight is 417 g/mol. The molecule has 2 rings (SSSR count). The summed E-state index contributed by atoms with van der Waals surface area (Å²) in [6.45, 7) is 9.18. The third-order valence-electron chi connectivity index (χ3n) is 4.38. The lowest BCUT2D eigenvalue weighted by Gasteiger charge is -2.28. The largest absolute Gasteiger partial charge is 0.353 e. The fraction of sp³-hybridized carbons (Fsp3) is 0.364. The van der Waals surface area contributed by atoms with Crippen molar-refractivity contribution < 1.29 is 9.59 Å². The maximum absolute atomic E-state index is 13.1. The van der Waals surface area contributed by atoms with E-state index < -0.39 is 0 Å². The van der Waals surface area contributed by atoms with E-state index in [9.17, 15) is 9.59 Å². The molecule has 0 aliphatic heterocycles. The van der Waals surface area contributed by atoms with Gasteiger partial charge in [0.1, 0.15) is 6.54 Å². The molecule has 0 bridgehead atoms. The Morgan fingerprint density at radius 2 is 2.00 bits per heavy atom. The number of amides is 3. The molecule has 0 spiro atoms. The molecule has 0 atom stereocenters. The molecule has 1 aromatic heterocycles. The van der Waals surface area contributed by atoms with Crippen LogP contribution in [0.2, 0.25) is 5.02 Å². The first-order chi connectivity index (χ1) is 13.8. The molecule has 0 aliphatic carbocycles. The minimum Gasteiger partial charge on any atom is -0.353 e. The summed E-state index contributed by atoms with van der Waals surface area (Å²) in [6.07, 6.45) is 3.56. The molecule has 0 saturated carbocycles. The normalized spacial score (nSPS) is 10.7. The van der Waals surface area contributed by atoms with Crippen LogP contribution in [0.1, 0.15) is 19.5 Å². The number of nitrogens with one attached hydrogen (secondary N) is 1. The minimum atomic E-state index is -0.371. The fourth-order valence-corrected chi connectivity index (χ4v) is 3.15. The van der Waals surface area contributed by atoms with E-state index in [1.54, 1.807) is 35.2 Å². The van der Waals surface area contributed by atoms with Gasteiger partial charge in [-0.05, 0) is 36.2 Å². The number of carbonyl (C=O) groups excluding carboxylic acids is 2. The van der Waals surface area contributed by atoms with Crippen molar-refractivity contribution in [1.29, 1.82) is 0 Å². The number of anilines is 1. The van der Waals surface area contributed by atoms with Gasteiger partial charge in [-0.25, -0.2) is 4.79 Å². The number of urea groups is 1. The number of aryl methyl sites for hydroxylation is 1. The predicted molar refractivity (Wildman–Crippen MR) is 118 cm³/mol. The zero-order valence-corrected chi connectivity index (χ0v) is 18.0. The van der Waals surface area contributed by atoms with Crippen LogP contribution in [0, 0.1) is 5.92 Å². The quantitative estimate of drug-likeness (QED) is 0.616. The standard InChI is InChI=1S/C22H29ClN4O2/c1-5-11-26(22(29)24-19-9-6-8-18(23)13-19)16-21(28)27(14-17(2)3)15-20-10-7-12-25(20)4/h5-10,12-13,17H,1,11,14-16H2,2-4H3,(H,24,29). The van der Waals surface area contributed by atoms with Gasteiger partial charge in [0, 0.05) is 42.7 Å². The summed E-state index contributed by atoms with van der Waals surface area (Å²) in [4.78, 5) is 29.0. The highest BCUT2D eigenvalue weighted by Gasteiger charge is 2.22. The van der Waals surface area contributed by atoms with Gasteiger partial charge in [0.2, 0.25) is 5.91 Å². The summed E-state index contributed by atoms with van der Waals surface area (Å²) in [7, 11) is 1.95. The number of benzene rings is 1. The number of aromatic nitrogens is 1. The lowest BCUT2D eigenvalue weighted by Crippen LogP contribution is -2.45. The van der Waals surface area contributed by atoms with Gasteiger partial charge in [-0.3, -0.25) is 4.79 Å². The van der Waals surface area contributed by atoms with Gasteiger partial charge in [-0.2, -0.15) is 0 Å². The SMILES string of the molecule is C=CCN(CC(=O)N(Cc1cccn1C)CC(C)C)C(=O)Nc1cccc(Cl)c1. The molecule has 0 saturated heterocycles. The molecule has 156 valence electrons. The lowest BCUT2D eigenvalue weighted by molar-refractivity contribution is -0.132. The van der Waals surface area contributed by atoms with Gasteiger partial charge in [0.15, 0.2) is 0 Å². The van der Waals surface area contributed by atoms with Gasteiger partial charge in [0.05, 0.1) is 6.54 Å². The van der Waals surface area contributed by atoms with E-state index in [0.29, 0.717) is 29.7 Å². The van der Waals surface area contributed by atoms with Crippen molar-refractivity contribution in [2.75, 3.05) is 25.0 Å². The summed E-state index contributed by atoms with van der Waals surface area (Å²) < 4.78 is 1.99. The summed E-state index contributed by atoms with van der Waals surface area (Å²) in [5, 5.41) is 3.31. The second-order valence-electron chi connectivity index (χ2n) is 7.39. The van der Waals surface area contributed by atoms with Gasteiger partial charge >= 0.3 is 6.03 Å². The van der Waals surface area contributed by atoms with Crippen molar-refractivity contribution in [2.24, 2.45) is 13.0 Å². The third kappa shape index (κ3) is 6.98. The molecule has 7 heteroatoms. The lowest BCUT2D eigenvalue weighted by atomic mass is 10.2. The van der Waals surface area contributed by atoms with Crippen molar-refractivity contribution >= 4 is 29.2 Å². The monoisotopic (exact) mass is 416 g/mol. The Balaban J connectivity index is 2.10. The van der Waals surface area contributed by atoms with Crippen molar-refractivity contribution in [3.05, 3.63) is 66.0 Å². The number of hydrogen-bond acceptors (Lipinski definition) is 2. The first-order valence-electron chi connectivity index (χ1n) is 9.60. The van der Waals surface area contributed by atoms with E-state index in [1.165, 1.54) is 4.90 Å². The summed E-state index contributed by atoms with van der Waals surface area (Å²) in [5.41, 5.74) is 1.62. The van der Waals surface area contributed by atoms with Crippen LogP contribution in [0.15, 0.2) is 55.3 Å². The summed E-state index contributed by atoms with van der Waals surface area (Å²) >= 11 is 5.98. The Bertz CT molecular complexity index is 847. The maximum Gasteiger partial charge on any atom is 0.322 e. The highest BCUT2D eigenvalue weighted by atomic mass is 35.5. The third-order valence-corrected chi connectivity index (χ3v) is 4.62. The molecular formula is C22H29ClN4O2. The fourth-order valence-electron chi connectivity index (χ4n) is 2.96. The second-order valence-corrected chi connectivity index (χ2v) is 7.82. The molecule has 0 fully saturated rings. The highest BCUT2D eigenvalue weighted by Crippen LogP contribution is 2.16. The number of carbonyl (C=O) groups is 2. The van der Waals surface area contributed by atoms with E-state index >= 15 is 0 Å². The van der Waals surface area contributed by atoms with Crippen LogP contribution in [-0.4, -0.2) is 45.9 Å². The van der Waals surface area contributed by atoms with Crippen LogP contribution in [0.3, 0.4) is 0 Å². The topological polar surface area (TPSA) is 57.6 Å².